The van der Waals surface area contributed by atoms with Gasteiger partial charge < -0.3 is 10.3 Å². The molecule has 0 fully saturated rings. The second-order valence-corrected chi connectivity index (χ2v) is 2.66. The summed E-state index contributed by atoms with van der Waals surface area (Å²) in [6, 6.07) is 2.99. The van der Waals surface area contributed by atoms with Gasteiger partial charge in [-0.25, -0.2) is 4.79 Å². The van der Waals surface area contributed by atoms with E-state index in [1.54, 1.807) is 19.9 Å². The van der Waals surface area contributed by atoms with Crippen molar-refractivity contribution >= 4 is 5.97 Å². The summed E-state index contributed by atoms with van der Waals surface area (Å²) in [5.74, 6) is -1.20. The predicted molar refractivity (Wildman–Crippen MR) is 41.8 cm³/mol. The molecule has 0 saturated heterocycles. The Morgan fingerprint density at radius 1 is 1.50 bits per heavy atom. The molecule has 1 aromatic rings. The van der Waals surface area contributed by atoms with Crippen LogP contribution in [0.3, 0.4) is 0 Å². The minimum absolute atomic E-state index is 0.229. The molecule has 0 saturated carbocycles. The number of aromatic carboxylic acids is 1. The van der Waals surface area contributed by atoms with Crippen molar-refractivity contribution < 1.29 is 14.6 Å². The zero-order chi connectivity index (χ0) is 9.30. The number of carbonyl (C=O) groups is 1. The van der Waals surface area contributed by atoms with Crippen molar-refractivity contribution in [2.75, 3.05) is 0 Å². The van der Waals surface area contributed by atoms with Gasteiger partial charge in [0.25, 0.3) is 0 Å². The third-order valence-corrected chi connectivity index (χ3v) is 1.56. The monoisotopic (exact) mass is 167 g/mol. The lowest BCUT2D eigenvalue weighted by atomic mass is 10.2. The van der Waals surface area contributed by atoms with Gasteiger partial charge >= 0.3 is 11.7 Å². The van der Waals surface area contributed by atoms with Gasteiger partial charge in [0.1, 0.15) is 0 Å². The first-order valence-corrected chi connectivity index (χ1v) is 3.46. The second-order valence-electron chi connectivity index (χ2n) is 2.66. The van der Waals surface area contributed by atoms with Gasteiger partial charge in [-0.15, -0.1) is 0 Å². The Morgan fingerprint density at radius 2 is 2.08 bits per heavy atom. The Bertz CT molecular complexity index is 333. The van der Waals surface area contributed by atoms with Crippen LogP contribution in [0.4, 0.5) is 0 Å². The van der Waals surface area contributed by atoms with Crippen molar-refractivity contribution in [3.8, 4) is 0 Å². The standard InChI is InChI=1S/C8H9NO3/c1-5-3-6(2)9(12)7(4-5)8(10)11/h3-4H,1-2H3,(H,10,11). The molecule has 0 aliphatic rings. The van der Waals surface area contributed by atoms with Gasteiger partial charge in [-0.2, -0.15) is 4.73 Å². The van der Waals surface area contributed by atoms with Crippen LogP contribution in [0.2, 0.25) is 0 Å². The maximum absolute atomic E-state index is 11.1. The third-order valence-electron chi connectivity index (χ3n) is 1.56. The van der Waals surface area contributed by atoms with E-state index >= 15 is 0 Å². The van der Waals surface area contributed by atoms with E-state index in [1.807, 2.05) is 0 Å². The molecule has 0 unspecified atom stereocenters. The van der Waals surface area contributed by atoms with Crippen LogP contribution in [-0.4, -0.2) is 11.1 Å². The van der Waals surface area contributed by atoms with E-state index in [2.05, 4.69) is 0 Å². The summed E-state index contributed by atoms with van der Waals surface area (Å²) in [5.41, 5.74) is 0.942. The molecule has 1 aromatic heterocycles. The van der Waals surface area contributed by atoms with Crippen LogP contribution < -0.4 is 4.73 Å². The molecule has 0 atom stereocenters. The molecule has 0 aromatic carbocycles. The molecular formula is C8H9NO3. The van der Waals surface area contributed by atoms with E-state index in [9.17, 15) is 10.0 Å². The number of carboxylic acid groups (broad SMARTS) is 1. The van der Waals surface area contributed by atoms with E-state index in [0.29, 0.717) is 10.4 Å². The van der Waals surface area contributed by atoms with Crippen LogP contribution in [0.15, 0.2) is 12.1 Å². The van der Waals surface area contributed by atoms with Crippen molar-refractivity contribution in [1.82, 2.24) is 0 Å². The fraction of sp³-hybridized carbons (Fsp3) is 0.250. The van der Waals surface area contributed by atoms with Gasteiger partial charge in [0.05, 0.1) is 0 Å². The molecule has 1 N–H and O–H groups in total. The normalized spacial score (nSPS) is 9.83. The zero-order valence-electron chi connectivity index (χ0n) is 6.87. The van der Waals surface area contributed by atoms with Crippen LogP contribution in [-0.2, 0) is 0 Å². The molecular weight excluding hydrogens is 158 g/mol. The van der Waals surface area contributed by atoms with Gasteiger partial charge in [-0.3, -0.25) is 0 Å². The number of hydrogen-bond acceptors (Lipinski definition) is 2. The highest BCUT2D eigenvalue weighted by Crippen LogP contribution is 2.01. The molecule has 1 heterocycles. The maximum atomic E-state index is 11.1. The molecule has 4 heteroatoms. The highest BCUT2D eigenvalue weighted by Gasteiger charge is 2.16. The largest absolute Gasteiger partial charge is 0.618 e. The van der Waals surface area contributed by atoms with E-state index in [1.165, 1.54) is 6.07 Å². The minimum Gasteiger partial charge on any atom is -0.618 e. The van der Waals surface area contributed by atoms with E-state index < -0.39 is 5.97 Å². The van der Waals surface area contributed by atoms with E-state index in [-0.39, 0.29) is 5.69 Å². The fourth-order valence-electron chi connectivity index (χ4n) is 1.04. The van der Waals surface area contributed by atoms with Crippen molar-refractivity contribution in [2.24, 2.45) is 0 Å². The first-order valence-electron chi connectivity index (χ1n) is 3.46. The predicted octanol–water partition coefficient (Wildman–Crippen LogP) is 0.635. The summed E-state index contributed by atoms with van der Waals surface area (Å²) in [6.45, 7) is 3.33. The van der Waals surface area contributed by atoms with Crippen LogP contribution >= 0.6 is 0 Å². The Balaban J connectivity index is 3.37. The number of aryl methyl sites for hydroxylation is 2. The minimum atomic E-state index is -1.20. The van der Waals surface area contributed by atoms with Gasteiger partial charge in [-0.1, -0.05) is 0 Å². The Kier molecular flexibility index (Phi) is 1.99. The Hall–Kier alpha value is -1.58. The molecule has 0 amide bonds. The average molecular weight is 167 g/mol. The number of aromatic nitrogens is 1. The van der Waals surface area contributed by atoms with Gasteiger partial charge in [0.15, 0.2) is 5.69 Å². The number of carboxylic acids is 1. The van der Waals surface area contributed by atoms with Crippen LogP contribution in [0.5, 0.6) is 0 Å². The highest BCUT2D eigenvalue weighted by atomic mass is 16.5. The Morgan fingerprint density at radius 3 is 2.58 bits per heavy atom. The van der Waals surface area contributed by atoms with Crippen LogP contribution in [0.25, 0.3) is 0 Å². The maximum Gasteiger partial charge on any atom is 0.402 e. The van der Waals surface area contributed by atoms with Crippen molar-refractivity contribution in [2.45, 2.75) is 13.8 Å². The SMILES string of the molecule is Cc1cc(C)[n+]([O-])c(C(=O)O)c1. The quantitative estimate of drug-likeness (QED) is 0.493. The molecule has 0 spiro atoms. The molecule has 64 valence electrons. The molecule has 0 aliphatic carbocycles. The molecule has 1 rings (SSSR count). The lowest BCUT2D eigenvalue weighted by Crippen LogP contribution is -2.37. The van der Waals surface area contributed by atoms with E-state index in [0.717, 1.165) is 5.56 Å². The van der Waals surface area contributed by atoms with Gasteiger partial charge in [0.2, 0.25) is 0 Å². The molecule has 0 radical (unpaired) electrons. The molecule has 12 heavy (non-hydrogen) atoms. The summed E-state index contributed by atoms with van der Waals surface area (Å²) >= 11 is 0. The van der Waals surface area contributed by atoms with Crippen molar-refractivity contribution in [3.63, 3.8) is 0 Å². The average Bonchev–Trinajstić information content (AvgIpc) is 1.96. The first kappa shape index (κ1) is 8.52. The lowest BCUT2D eigenvalue weighted by molar-refractivity contribution is -0.615. The zero-order valence-corrected chi connectivity index (χ0v) is 6.87. The first-order chi connectivity index (χ1) is 5.52. The second kappa shape index (κ2) is 2.81. The van der Waals surface area contributed by atoms with E-state index in [4.69, 9.17) is 5.11 Å². The summed E-state index contributed by atoms with van der Waals surface area (Å²) in [6.07, 6.45) is 0. The number of nitrogens with zero attached hydrogens (tertiary/aromatic N) is 1. The number of pyridine rings is 1. The van der Waals surface area contributed by atoms with Gasteiger partial charge in [-0.05, 0) is 12.5 Å². The van der Waals surface area contributed by atoms with Crippen LogP contribution in [0, 0.1) is 19.1 Å². The van der Waals surface area contributed by atoms with Gasteiger partial charge in [0, 0.05) is 19.1 Å². The van der Waals surface area contributed by atoms with Crippen LogP contribution in [0.1, 0.15) is 21.7 Å². The topological polar surface area (TPSA) is 64.2 Å². The third kappa shape index (κ3) is 1.37. The highest BCUT2D eigenvalue weighted by molar-refractivity contribution is 5.83. The molecule has 4 nitrogen and oxygen atoms in total. The van der Waals surface area contributed by atoms with Crippen molar-refractivity contribution in [1.29, 1.82) is 0 Å². The summed E-state index contributed by atoms with van der Waals surface area (Å²) in [4.78, 5) is 10.5. The fourth-order valence-corrected chi connectivity index (χ4v) is 1.04. The molecule has 0 bridgehead atoms. The summed E-state index contributed by atoms with van der Waals surface area (Å²) < 4.78 is 0.412. The Labute approximate surface area is 69.7 Å². The lowest BCUT2D eigenvalue weighted by Gasteiger charge is -2.04. The number of hydrogen-bond donors (Lipinski definition) is 1. The summed E-state index contributed by atoms with van der Waals surface area (Å²) in [7, 11) is 0. The smallest absolute Gasteiger partial charge is 0.402 e. The number of rotatable bonds is 1. The summed E-state index contributed by atoms with van der Waals surface area (Å²) in [5, 5.41) is 19.7. The van der Waals surface area contributed by atoms with Crippen molar-refractivity contribution in [3.05, 3.63) is 34.3 Å². The molecule has 0 aliphatic heterocycles.